The molecule has 1 heterocycles. The molecule has 0 N–H and O–H groups in total. The van der Waals surface area contributed by atoms with E-state index < -0.39 is 10.0 Å². The third-order valence-electron chi connectivity index (χ3n) is 5.50. The van der Waals surface area contributed by atoms with E-state index in [2.05, 4.69) is 9.82 Å². The molecule has 28 heavy (non-hydrogen) atoms. The molecule has 6 heteroatoms. The summed E-state index contributed by atoms with van der Waals surface area (Å²) < 4.78 is 31.9. The lowest BCUT2D eigenvalue weighted by molar-refractivity contribution is 0.601. The van der Waals surface area contributed by atoms with E-state index >= 15 is 0 Å². The van der Waals surface area contributed by atoms with E-state index in [1.54, 1.807) is 10.9 Å². The molecule has 0 amide bonds. The van der Waals surface area contributed by atoms with E-state index in [0.29, 0.717) is 17.1 Å². The molecule has 1 aromatic heterocycles. The van der Waals surface area contributed by atoms with Crippen molar-refractivity contribution < 1.29 is 8.42 Å². The van der Waals surface area contributed by atoms with Crippen LogP contribution in [0.15, 0.2) is 41.6 Å². The van der Waals surface area contributed by atoms with Gasteiger partial charge in [0.1, 0.15) is 10.0 Å². The van der Waals surface area contributed by atoms with Gasteiger partial charge < -0.3 is 4.72 Å². The minimum absolute atomic E-state index is 0.305. The van der Waals surface area contributed by atoms with Crippen molar-refractivity contribution in [3.05, 3.63) is 80.3 Å². The van der Waals surface area contributed by atoms with E-state index in [4.69, 9.17) is 0 Å². The standard InChI is InChI=1S/C22H26N3O2S/c1-14-7-9-20(10-8-14)12-25-13-21(11-23-25)24-28(26,27)22-18(5)16(3)15(2)17(4)19(22)6/h7-11,13H,12H2,1-6H3/q-1. The Balaban J connectivity index is 1.88. The second kappa shape index (κ2) is 7.43. The average Bonchev–Trinajstić information content (AvgIpc) is 3.06. The van der Waals surface area contributed by atoms with Crippen LogP contribution in [0.2, 0.25) is 0 Å². The average molecular weight is 397 g/mol. The Kier molecular flexibility index (Phi) is 5.35. The molecule has 148 valence electrons. The third-order valence-corrected chi connectivity index (χ3v) is 7.08. The first-order chi connectivity index (χ1) is 13.1. The summed E-state index contributed by atoms with van der Waals surface area (Å²) in [6.07, 6.45) is 3.15. The molecule has 3 rings (SSSR count). The van der Waals surface area contributed by atoms with Gasteiger partial charge in [0.2, 0.25) is 0 Å². The summed E-state index contributed by atoms with van der Waals surface area (Å²) in [5.41, 5.74) is 7.26. The Hall–Kier alpha value is -2.60. The highest BCUT2D eigenvalue weighted by Crippen LogP contribution is 2.35. The first-order valence-electron chi connectivity index (χ1n) is 9.23. The quantitative estimate of drug-likeness (QED) is 0.597. The summed E-state index contributed by atoms with van der Waals surface area (Å²) in [4.78, 5) is 0.305. The van der Waals surface area contributed by atoms with Crippen molar-refractivity contribution >= 4 is 15.7 Å². The molecular weight excluding hydrogens is 370 g/mol. The summed E-state index contributed by atoms with van der Waals surface area (Å²) in [6.45, 7) is 12.2. The van der Waals surface area contributed by atoms with Gasteiger partial charge >= 0.3 is 0 Å². The van der Waals surface area contributed by atoms with Crippen LogP contribution in [0.25, 0.3) is 4.72 Å². The van der Waals surface area contributed by atoms with Gasteiger partial charge in [0.25, 0.3) is 0 Å². The Labute approximate surface area is 167 Å². The molecule has 0 atom stereocenters. The molecule has 0 aliphatic heterocycles. The number of hydrogen-bond donors (Lipinski definition) is 0. The maximum absolute atomic E-state index is 13.1. The second-order valence-electron chi connectivity index (χ2n) is 7.40. The molecule has 0 aliphatic rings. The van der Waals surface area contributed by atoms with E-state index in [9.17, 15) is 8.42 Å². The van der Waals surface area contributed by atoms with E-state index in [0.717, 1.165) is 33.4 Å². The normalized spacial score (nSPS) is 11.6. The molecule has 3 aromatic rings. The highest BCUT2D eigenvalue weighted by Gasteiger charge is 2.18. The fraction of sp³-hybridized carbons (Fsp3) is 0.318. The van der Waals surface area contributed by atoms with Crippen LogP contribution in [0.5, 0.6) is 0 Å². The predicted molar refractivity (Wildman–Crippen MR) is 113 cm³/mol. The van der Waals surface area contributed by atoms with Crippen LogP contribution in [0.4, 0.5) is 5.69 Å². The molecule has 0 spiro atoms. The Morgan fingerprint density at radius 1 is 0.857 bits per heavy atom. The van der Waals surface area contributed by atoms with Gasteiger partial charge in [0.15, 0.2) is 0 Å². The summed E-state index contributed by atoms with van der Waals surface area (Å²) in [5, 5.41) is 4.26. The summed E-state index contributed by atoms with van der Waals surface area (Å²) in [6, 6.07) is 8.16. The highest BCUT2D eigenvalue weighted by molar-refractivity contribution is 7.94. The van der Waals surface area contributed by atoms with Crippen molar-refractivity contribution in [3.8, 4) is 0 Å². The first kappa shape index (κ1) is 20.1. The van der Waals surface area contributed by atoms with Crippen LogP contribution >= 0.6 is 0 Å². The first-order valence-corrected chi connectivity index (χ1v) is 10.7. The number of rotatable bonds is 5. The number of aromatic nitrogens is 2. The van der Waals surface area contributed by atoms with E-state index in [1.807, 2.05) is 65.8 Å². The smallest absolute Gasteiger partial charge is 0.123 e. The number of nitrogens with zero attached hydrogens (tertiary/aromatic N) is 3. The maximum Gasteiger partial charge on any atom is 0.123 e. The Morgan fingerprint density at radius 2 is 1.39 bits per heavy atom. The lowest BCUT2D eigenvalue weighted by Crippen LogP contribution is -2.08. The van der Waals surface area contributed by atoms with Gasteiger partial charge in [-0.25, -0.2) is 8.42 Å². The predicted octanol–water partition coefficient (Wildman–Crippen LogP) is 5.18. The highest BCUT2D eigenvalue weighted by atomic mass is 32.2. The molecule has 0 fully saturated rings. The van der Waals surface area contributed by atoms with Crippen LogP contribution in [0.1, 0.15) is 38.9 Å². The largest absolute Gasteiger partial charge is 0.570 e. The number of sulfonamides is 1. The molecule has 5 nitrogen and oxygen atoms in total. The molecule has 0 saturated carbocycles. The van der Waals surface area contributed by atoms with Gasteiger partial charge in [-0.15, -0.1) is 0 Å². The van der Waals surface area contributed by atoms with Crippen LogP contribution < -0.4 is 0 Å². The zero-order valence-corrected chi connectivity index (χ0v) is 18.1. The molecule has 0 unspecified atom stereocenters. The Morgan fingerprint density at radius 3 is 1.96 bits per heavy atom. The van der Waals surface area contributed by atoms with Gasteiger partial charge in [-0.05, 0) is 74.9 Å². The van der Waals surface area contributed by atoms with Gasteiger partial charge in [-0.2, -0.15) is 5.10 Å². The topological polar surface area (TPSA) is 66.1 Å². The van der Waals surface area contributed by atoms with Crippen molar-refractivity contribution in [2.45, 2.75) is 53.0 Å². The molecule has 0 saturated heterocycles. The number of hydrogen-bond acceptors (Lipinski definition) is 3. The molecule has 0 aliphatic carbocycles. The maximum atomic E-state index is 13.1. The van der Waals surface area contributed by atoms with E-state index in [1.165, 1.54) is 11.8 Å². The number of aryl methyl sites for hydroxylation is 1. The van der Waals surface area contributed by atoms with Gasteiger partial charge in [0, 0.05) is 12.4 Å². The zero-order valence-electron chi connectivity index (χ0n) is 17.2. The molecule has 2 aromatic carbocycles. The fourth-order valence-electron chi connectivity index (χ4n) is 3.40. The minimum atomic E-state index is -3.83. The molecule has 0 bridgehead atoms. The lowest BCUT2D eigenvalue weighted by atomic mass is 9.95. The molecule has 0 radical (unpaired) electrons. The fourth-order valence-corrected chi connectivity index (χ4v) is 4.95. The van der Waals surface area contributed by atoms with Crippen molar-refractivity contribution in [1.29, 1.82) is 0 Å². The van der Waals surface area contributed by atoms with Gasteiger partial charge in [-0.1, -0.05) is 35.5 Å². The summed E-state index contributed by atoms with van der Waals surface area (Å²) in [5.74, 6) is 0. The third kappa shape index (κ3) is 3.83. The Bertz CT molecular complexity index is 1100. The van der Waals surface area contributed by atoms with Crippen molar-refractivity contribution in [2.24, 2.45) is 0 Å². The van der Waals surface area contributed by atoms with Crippen LogP contribution in [-0.4, -0.2) is 18.2 Å². The minimum Gasteiger partial charge on any atom is -0.570 e. The van der Waals surface area contributed by atoms with Crippen molar-refractivity contribution in [2.75, 3.05) is 0 Å². The van der Waals surface area contributed by atoms with Crippen molar-refractivity contribution in [1.82, 2.24) is 9.78 Å². The van der Waals surface area contributed by atoms with Crippen LogP contribution in [-0.2, 0) is 16.6 Å². The van der Waals surface area contributed by atoms with Crippen LogP contribution in [0.3, 0.4) is 0 Å². The van der Waals surface area contributed by atoms with Crippen LogP contribution in [0, 0.1) is 41.5 Å². The van der Waals surface area contributed by atoms with Gasteiger partial charge in [0.05, 0.1) is 11.4 Å². The SMILES string of the molecule is Cc1ccc(Cn2cc([N-]S(=O)(=O)c3c(C)c(C)c(C)c(C)c3C)cn2)cc1. The number of benzene rings is 2. The second-order valence-corrected chi connectivity index (χ2v) is 8.94. The monoisotopic (exact) mass is 396 g/mol. The summed E-state index contributed by atoms with van der Waals surface area (Å²) in [7, 11) is -3.83. The van der Waals surface area contributed by atoms with E-state index in [-0.39, 0.29) is 0 Å². The zero-order chi connectivity index (χ0) is 20.6. The van der Waals surface area contributed by atoms with Gasteiger partial charge in [-0.3, -0.25) is 4.68 Å². The van der Waals surface area contributed by atoms with Crippen molar-refractivity contribution in [3.63, 3.8) is 0 Å². The molecular formula is C22H26N3O2S-. The lowest BCUT2D eigenvalue weighted by Gasteiger charge is -2.25. The summed E-state index contributed by atoms with van der Waals surface area (Å²) >= 11 is 0.